The van der Waals surface area contributed by atoms with Crippen molar-refractivity contribution in [3.63, 3.8) is 0 Å². The van der Waals surface area contributed by atoms with Crippen molar-refractivity contribution < 1.29 is 0 Å². The van der Waals surface area contributed by atoms with Gasteiger partial charge in [-0.1, -0.05) is 6.42 Å². The van der Waals surface area contributed by atoms with E-state index in [9.17, 15) is 0 Å². The summed E-state index contributed by atoms with van der Waals surface area (Å²) in [5.74, 6) is 0.878. The molecule has 0 bridgehead atoms. The van der Waals surface area contributed by atoms with Crippen LogP contribution in [0.15, 0.2) is 12.1 Å². The van der Waals surface area contributed by atoms with Gasteiger partial charge in [-0.25, -0.2) is 15.0 Å². The summed E-state index contributed by atoms with van der Waals surface area (Å²) in [7, 11) is 0. The van der Waals surface area contributed by atoms with Crippen LogP contribution >= 0.6 is 0 Å². The first-order valence-corrected chi connectivity index (χ1v) is 9.72. The predicted molar refractivity (Wildman–Crippen MR) is 103 cm³/mol. The van der Waals surface area contributed by atoms with E-state index in [1.807, 2.05) is 0 Å². The van der Waals surface area contributed by atoms with Gasteiger partial charge in [0.05, 0.1) is 11.0 Å². The van der Waals surface area contributed by atoms with Crippen LogP contribution in [0.1, 0.15) is 41.6 Å². The van der Waals surface area contributed by atoms with Gasteiger partial charge >= 0.3 is 0 Å². The molecule has 6 nitrogen and oxygen atoms in total. The zero-order valence-corrected chi connectivity index (χ0v) is 15.6. The number of hydrogen-bond acceptors (Lipinski definition) is 4. The molecule has 0 radical (unpaired) electrons. The topological polar surface area (TPSA) is 63.8 Å². The van der Waals surface area contributed by atoms with Gasteiger partial charge in [-0.3, -0.25) is 5.10 Å². The average molecular weight is 350 g/mol. The van der Waals surface area contributed by atoms with Crippen molar-refractivity contribution in [2.24, 2.45) is 0 Å². The standard InChI is InChI=1S/C20H26N6/c1-13-10-17-18(11-14(13)2)22-20(21-17)19-15-12-26(9-6-16(15)23-24-19)25-7-4-3-5-8-25/h10-11H,3-9,12H2,1-2H3,(H,21,22)(H,23,24). The summed E-state index contributed by atoms with van der Waals surface area (Å²) in [5.41, 5.74) is 8.21. The lowest BCUT2D eigenvalue weighted by Gasteiger charge is -2.39. The lowest BCUT2D eigenvalue weighted by atomic mass is 10.1. The monoisotopic (exact) mass is 350 g/mol. The number of imidazole rings is 1. The molecule has 3 aromatic rings. The Balaban J connectivity index is 1.49. The number of hydrogen-bond donors (Lipinski definition) is 2. The van der Waals surface area contributed by atoms with Crippen LogP contribution in [-0.4, -0.2) is 49.8 Å². The minimum atomic E-state index is 0.878. The summed E-state index contributed by atoms with van der Waals surface area (Å²) < 4.78 is 0. The number of piperidine rings is 1. The van der Waals surface area contributed by atoms with Crippen LogP contribution in [0.5, 0.6) is 0 Å². The molecule has 1 fully saturated rings. The number of nitrogens with one attached hydrogen (secondary N) is 2. The number of aromatic amines is 2. The fourth-order valence-corrected chi connectivity index (χ4v) is 4.26. The Morgan fingerprint density at radius 1 is 0.962 bits per heavy atom. The van der Waals surface area contributed by atoms with E-state index >= 15 is 0 Å². The highest BCUT2D eigenvalue weighted by Crippen LogP contribution is 2.30. The Kier molecular flexibility index (Phi) is 3.83. The maximum atomic E-state index is 4.83. The van der Waals surface area contributed by atoms with Crippen LogP contribution in [0.2, 0.25) is 0 Å². The van der Waals surface area contributed by atoms with Crippen LogP contribution in [-0.2, 0) is 13.0 Å². The predicted octanol–water partition coefficient (Wildman–Crippen LogP) is 3.33. The van der Waals surface area contributed by atoms with Gasteiger partial charge in [0.1, 0.15) is 5.69 Å². The number of hydrazine groups is 1. The number of rotatable bonds is 2. The first-order valence-electron chi connectivity index (χ1n) is 9.72. The van der Waals surface area contributed by atoms with Crippen molar-refractivity contribution >= 4 is 11.0 Å². The van der Waals surface area contributed by atoms with Gasteiger partial charge in [0.25, 0.3) is 0 Å². The van der Waals surface area contributed by atoms with E-state index in [4.69, 9.17) is 4.98 Å². The molecule has 1 aromatic carbocycles. The van der Waals surface area contributed by atoms with Crippen LogP contribution in [0.25, 0.3) is 22.6 Å². The van der Waals surface area contributed by atoms with Crippen LogP contribution < -0.4 is 0 Å². The third-order valence-corrected chi connectivity index (χ3v) is 5.97. The molecule has 2 N–H and O–H groups in total. The molecule has 0 amide bonds. The minimum Gasteiger partial charge on any atom is -0.337 e. The Morgan fingerprint density at radius 3 is 2.62 bits per heavy atom. The Morgan fingerprint density at radius 2 is 1.77 bits per heavy atom. The first kappa shape index (κ1) is 16.0. The minimum absolute atomic E-state index is 0.878. The SMILES string of the molecule is Cc1cc2nc(-c3n[nH]c4c3CN(N3CCCCC3)CC4)[nH]c2cc1C. The largest absolute Gasteiger partial charge is 0.337 e. The summed E-state index contributed by atoms with van der Waals surface area (Å²) in [5, 5.41) is 12.9. The van der Waals surface area contributed by atoms with Crippen molar-refractivity contribution in [3.05, 3.63) is 34.5 Å². The highest BCUT2D eigenvalue weighted by Gasteiger charge is 2.28. The van der Waals surface area contributed by atoms with E-state index in [1.54, 1.807) is 0 Å². The van der Waals surface area contributed by atoms with Crippen LogP contribution in [0.4, 0.5) is 0 Å². The molecule has 0 aliphatic carbocycles. The summed E-state index contributed by atoms with van der Waals surface area (Å²) in [6.07, 6.45) is 5.01. The van der Waals surface area contributed by atoms with E-state index in [0.717, 1.165) is 42.1 Å². The number of fused-ring (bicyclic) bond motifs is 2. The second-order valence-corrected chi connectivity index (χ2v) is 7.72. The maximum Gasteiger partial charge on any atom is 0.159 e. The molecule has 26 heavy (non-hydrogen) atoms. The summed E-state index contributed by atoms with van der Waals surface area (Å²) in [6, 6.07) is 4.34. The molecule has 2 aromatic heterocycles. The zero-order chi connectivity index (χ0) is 17.7. The maximum absolute atomic E-state index is 4.83. The highest BCUT2D eigenvalue weighted by atomic mass is 15.6. The number of aryl methyl sites for hydroxylation is 2. The highest BCUT2D eigenvalue weighted by molar-refractivity contribution is 5.81. The van der Waals surface area contributed by atoms with Gasteiger partial charge in [-0.05, 0) is 49.9 Å². The van der Waals surface area contributed by atoms with Crippen molar-refractivity contribution in [3.8, 4) is 11.5 Å². The molecule has 136 valence electrons. The molecule has 4 heterocycles. The van der Waals surface area contributed by atoms with E-state index < -0.39 is 0 Å². The van der Waals surface area contributed by atoms with E-state index in [0.29, 0.717) is 0 Å². The van der Waals surface area contributed by atoms with Gasteiger partial charge in [0, 0.05) is 43.9 Å². The van der Waals surface area contributed by atoms with Crippen LogP contribution in [0.3, 0.4) is 0 Å². The molecule has 0 unspecified atom stereocenters. The molecular weight excluding hydrogens is 324 g/mol. The quantitative estimate of drug-likeness (QED) is 0.744. The van der Waals surface area contributed by atoms with Gasteiger partial charge in [0.15, 0.2) is 5.82 Å². The molecule has 6 heteroatoms. The fraction of sp³-hybridized carbons (Fsp3) is 0.500. The Bertz CT molecular complexity index is 908. The summed E-state index contributed by atoms with van der Waals surface area (Å²) in [4.78, 5) is 8.32. The number of H-pyrrole nitrogens is 2. The third kappa shape index (κ3) is 2.64. The molecule has 2 aliphatic rings. The molecule has 0 saturated carbocycles. The Hall–Kier alpha value is -2.18. The first-order chi connectivity index (χ1) is 12.7. The number of aromatic nitrogens is 4. The Labute approximate surface area is 153 Å². The molecule has 2 aliphatic heterocycles. The van der Waals surface area contributed by atoms with Gasteiger partial charge in [-0.2, -0.15) is 5.10 Å². The summed E-state index contributed by atoms with van der Waals surface area (Å²) >= 11 is 0. The normalized spacial score (nSPS) is 19.2. The van der Waals surface area contributed by atoms with Crippen molar-refractivity contribution in [1.29, 1.82) is 0 Å². The smallest absolute Gasteiger partial charge is 0.159 e. The zero-order valence-electron chi connectivity index (χ0n) is 15.6. The van der Waals surface area contributed by atoms with Crippen LogP contribution in [0, 0.1) is 13.8 Å². The second kappa shape index (κ2) is 6.21. The van der Waals surface area contributed by atoms with Crippen molar-refractivity contribution in [2.45, 2.75) is 46.1 Å². The van der Waals surface area contributed by atoms with Gasteiger partial charge in [-0.15, -0.1) is 0 Å². The number of nitrogens with zero attached hydrogens (tertiary/aromatic N) is 4. The van der Waals surface area contributed by atoms with Gasteiger partial charge < -0.3 is 4.98 Å². The lowest BCUT2D eigenvalue weighted by Crippen LogP contribution is -2.47. The van der Waals surface area contributed by atoms with Gasteiger partial charge in [0.2, 0.25) is 0 Å². The van der Waals surface area contributed by atoms with Crippen molar-refractivity contribution in [1.82, 2.24) is 30.2 Å². The lowest BCUT2D eigenvalue weighted by molar-refractivity contribution is -0.0506. The number of benzene rings is 1. The van der Waals surface area contributed by atoms with E-state index in [1.165, 1.54) is 54.7 Å². The summed E-state index contributed by atoms with van der Waals surface area (Å²) in [6.45, 7) is 8.65. The molecule has 5 rings (SSSR count). The average Bonchev–Trinajstić information content (AvgIpc) is 3.26. The van der Waals surface area contributed by atoms with E-state index in [-0.39, 0.29) is 0 Å². The van der Waals surface area contributed by atoms with E-state index in [2.05, 4.69) is 51.2 Å². The van der Waals surface area contributed by atoms with Crippen molar-refractivity contribution in [2.75, 3.05) is 19.6 Å². The second-order valence-electron chi connectivity index (χ2n) is 7.72. The third-order valence-electron chi connectivity index (χ3n) is 5.97. The molecule has 0 atom stereocenters. The molecule has 0 spiro atoms. The fourth-order valence-electron chi connectivity index (χ4n) is 4.26. The molecule has 1 saturated heterocycles. The molecular formula is C20H26N6.